The summed E-state index contributed by atoms with van der Waals surface area (Å²) in [5.74, 6) is 0.981. The third kappa shape index (κ3) is 4.42. The van der Waals surface area contributed by atoms with Gasteiger partial charge in [-0.05, 0) is 45.1 Å². The lowest BCUT2D eigenvalue weighted by molar-refractivity contribution is 0.380. The van der Waals surface area contributed by atoms with Crippen molar-refractivity contribution < 1.29 is 0 Å². The largest absolute Gasteiger partial charge is 0.313 e. The summed E-state index contributed by atoms with van der Waals surface area (Å²) in [5, 5.41) is 3.60. The minimum atomic E-state index is 0.672. The minimum absolute atomic E-state index is 0.672. The Morgan fingerprint density at radius 3 is 2.50 bits per heavy atom. The molecular weight excluding hydrogens is 218 g/mol. The molecule has 1 heteroatoms. The second-order valence-corrected chi connectivity index (χ2v) is 6.31. The highest BCUT2D eigenvalue weighted by molar-refractivity contribution is 5.12. The van der Waals surface area contributed by atoms with Gasteiger partial charge < -0.3 is 5.32 Å². The minimum Gasteiger partial charge on any atom is -0.313 e. The van der Waals surface area contributed by atoms with Crippen molar-refractivity contribution in [3.63, 3.8) is 0 Å². The summed E-state index contributed by atoms with van der Waals surface area (Å²) in [4.78, 5) is 0. The van der Waals surface area contributed by atoms with Crippen molar-refractivity contribution in [3.8, 4) is 0 Å². The fraction of sp³-hybridized carbons (Fsp3) is 0.882. The first-order valence-corrected chi connectivity index (χ1v) is 8.26. The van der Waals surface area contributed by atoms with E-state index in [9.17, 15) is 0 Å². The van der Waals surface area contributed by atoms with E-state index in [2.05, 4.69) is 18.4 Å². The van der Waals surface area contributed by atoms with E-state index in [1.54, 1.807) is 5.57 Å². The van der Waals surface area contributed by atoms with Crippen LogP contribution in [-0.2, 0) is 0 Å². The monoisotopic (exact) mass is 249 g/mol. The van der Waals surface area contributed by atoms with Gasteiger partial charge in [0.05, 0.1) is 0 Å². The van der Waals surface area contributed by atoms with Gasteiger partial charge in [0.15, 0.2) is 0 Å². The Morgan fingerprint density at radius 2 is 1.78 bits per heavy atom. The summed E-state index contributed by atoms with van der Waals surface area (Å²) in [6, 6.07) is 0.672. The second-order valence-electron chi connectivity index (χ2n) is 6.31. The van der Waals surface area contributed by atoms with E-state index in [-0.39, 0.29) is 0 Å². The van der Waals surface area contributed by atoms with Crippen LogP contribution in [0.25, 0.3) is 0 Å². The maximum Gasteiger partial charge on any atom is 0.0279 e. The molecule has 1 N–H and O–H groups in total. The average molecular weight is 249 g/mol. The lowest BCUT2D eigenvalue weighted by Gasteiger charge is -2.24. The van der Waals surface area contributed by atoms with Crippen LogP contribution in [0.4, 0.5) is 0 Å². The second kappa shape index (κ2) is 7.99. The number of hydrogen-bond donors (Lipinski definition) is 1. The van der Waals surface area contributed by atoms with E-state index in [1.807, 2.05) is 0 Å². The number of nitrogens with one attached hydrogen (secondary N) is 1. The molecule has 0 heterocycles. The van der Waals surface area contributed by atoms with Crippen molar-refractivity contribution in [1.82, 2.24) is 5.32 Å². The Kier molecular flexibility index (Phi) is 6.26. The third-order valence-electron chi connectivity index (χ3n) is 4.92. The molecule has 1 unspecified atom stereocenters. The zero-order valence-corrected chi connectivity index (χ0v) is 12.2. The Hall–Kier alpha value is -0.300. The van der Waals surface area contributed by atoms with E-state index in [1.165, 1.54) is 77.0 Å². The molecule has 104 valence electrons. The van der Waals surface area contributed by atoms with E-state index >= 15 is 0 Å². The van der Waals surface area contributed by atoms with Gasteiger partial charge >= 0.3 is 0 Å². The molecule has 0 bridgehead atoms. The molecule has 0 amide bonds. The highest BCUT2D eigenvalue weighted by atomic mass is 14.9. The van der Waals surface area contributed by atoms with Crippen LogP contribution in [0.1, 0.15) is 77.0 Å². The molecule has 0 aliphatic heterocycles. The van der Waals surface area contributed by atoms with Crippen molar-refractivity contribution >= 4 is 0 Å². The molecule has 18 heavy (non-hydrogen) atoms. The Bertz CT molecular complexity index is 248. The molecule has 1 nitrogen and oxygen atoms in total. The summed E-state index contributed by atoms with van der Waals surface area (Å²) in [5.41, 5.74) is 1.72. The topological polar surface area (TPSA) is 12.0 Å². The first kappa shape index (κ1) is 14.1. The molecule has 0 aromatic carbocycles. The molecule has 2 aliphatic carbocycles. The number of hydrogen-bond acceptors (Lipinski definition) is 1. The molecule has 0 aromatic rings. The number of allylic oxidation sites excluding steroid dienone is 1. The zero-order chi connectivity index (χ0) is 12.6. The van der Waals surface area contributed by atoms with Gasteiger partial charge in [0.25, 0.3) is 0 Å². The summed E-state index contributed by atoms with van der Waals surface area (Å²) in [6.07, 6.45) is 19.7. The summed E-state index contributed by atoms with van der Waals surface area (Å²) < 4.78 is 0. The molecule has 0 aromatic heterocycles. The summed E-state index contributed by atoms with van der Waals surface area (Å²) >= 11 is 0. The molecule has 0 spiro atoms. The fourth-order valence-corrected chi connectivity index (χ4v) is 3.74. The normalized spacial score (nSPS) is 25.1. The van der Waals surface area contributed by atoms with Crippen LogP contribution in [0.15, 0.2) is 11.6 Å². The van der Waals surface area contributed by atoms with Gasteiger partial charge in [0, 0.05) is 6.04 Å². The average Bonchev–Trinajstić information content (AvgIpc) is 2.80. The molecular formula is C17H31N. The summed E-state index contributed by atoms with van der Waals surface area (Å²) in [7, 11) is 2.16. The quantitative estimate of drug-likeness (QED) is 0.556. The van der Waals surface area contributed by atoms with E-state index in [0.717, 1.165) is 5.92 Å². The van der Waals surface area contributed by atoms with E-state index in [0.29, 0.717) is 6.04 Å². The van der Waals surface area contributed by atoms with Gasteiger partial charge in [0.1, 0.15) is 0 Å². The van der Waals surface area contributed by atoms with Crippen molar-refractivity contribution in [3.05, 3.63) is 11.6 Å². The predicted octanol–water partition coefficient (Wildman–Crippen LogP) is 4.83. The number of rotatable bonds is 4. The lowest BCUT2D eigenvalue weighted by atomic mass is 9.88. The molecule has 2 rings (SSSR count). The fourth-order valence-electron chi connectivity index (χ4n) is 3.74. The zero-order valence-electron chi connectivity index (χ0n) is 12.2. The molecule has 1 saturated carbocycles. The molecule has 0 saturated heterocycles. The van der Waals surface area contributed by atoms with Crippen LogP contribution in [0.2, 0.25) is 0 Å². The van der Waals surface area contributed by atoms with Gasteiger partial charge in [-0.25, -0.2) is 0 Å². The van der Waals surface area contributed by atoms with Crippen LogP contribution >= 0.6 is 0 Å². The van der Waals surface area contributed by atoms with Gasteiger partial charge in [0.2, 0.25) is 0 Å². The molecule has 1 fully saturated rings. The van der Waals surface area contributed by atoms with Crippen LogP contribution in [0.5, 0.6) is 0 Å². The van der Waals surface area contributed by atoms with E-state index < -0.39 is 0 Å². The van der Waals surface area contributed by atoms with Gasteiger partial charge in [-0.1, -0.05) is 56.6 Å². The maximum atomic E-state index is 3.60. The van der Waals surface area contributed by atoms with Crippen LogP contribution in [-0.4, -0.2) is 13.1 Å². The Balaban J connectivity index is 1.88. The highest BCUT2D eigenvalue weighted by Crippen LogP contribution is 2.30. The third-order valence-corrected chi connectivity index (χ3v) is 4.92. The van der Waals surface area contributed by atoms with Crippen molar-refractivity contribution in [1.29, 1.82) is 0 Å². The highest BCUT2D eigenvalue weighted by Gasteiger charge is 2.20. The van der Waals surface area contributed by atoms with Gasteiger partial charge in [-0.3, -0.25) is 0 Å². The molecule has 0 radical (unpaired) electrons. The first-order valence-electron chi connectivity index (χ1n) is 8.26. The van der Waals surface area contributed by atoms with Crippen LogP contribution in [0.3, 0.4) is 0 Å². The SMILES string of the molecule is CNC(CC1CCCCCC1)C1=CCCCCC1. The number of likely N-dealkylation sites (N-methyl/N-ethyl adjacent to an activating group) is 1. The van der Waals surface area contributed by atoms with Crippen molar-refractivity contribution in [2.45, 2.75) is 83.1 Å². The molecule has 1 atom stereocenters. The predicted molar refractivity (Wildman–Crippen MR) is 79.8 cm³/mol. The van der Waals surface area contributed by atoms with Crippen LogP contribution in [0, 0.1) is 5.92 Å². The first-order chi connectivity index (χ1) is 8.90. The van der Waals surface area contributed by atoms with Crippen molar-refractivity contribution in [2.75, 3.05) is 7.05 Å². The molecule has 2 aliphatic rings. The smallest absolute Gasteiger partial charge is 0.0279 e. The van der Waals surface area contributed by atoms with E-state index in [4.69, 9.17) is 0 Å². The van der Waals surface area contributed by atoms with Crippen molar-refractivity contribution in [2.24, 2.45) is 5.92 Å². The van der Waals surface area contributed by atoms with Gasteiger partial charge in [-0.15, -0.1) is 0 Å². The van der Waals surface area contributed by atoms with Crippen LogP contribution < -0.4 is 5.32 Å². The lowest BCUT2D eigenvalue weighted by Crippen LogP contribution is -2.30. The Labute approximate surface area is 113 Å². The standard InChI is InChI=1S/C17H31N/c1-18-17(16-12-8-4-5-9-13-16)14-15-10-6-2-3-7-11-15/h12,15,17-18H,2-11,13-14H2,1H3. The maximum absolute atomic E-state index is 3.60. The Morgan fingerprint density at radius 1 is 1.06 bits per heavy atom. The van der Waals surface area contributed by atoms with Gasteiger partial charge in [-0.2, -0.15) is 0 Å². The summed E-state index contributed by atoms with van der Waals surface area (Å²) in [6.45, 7) is 0.